The maximum atomic E-state index is 6.36. The third-order valence-electron chi connectivity index (χ3n) is 4.17. The second-order valence-electron chi connectivity index (χ2n) is 7.81. The van der Waals surface area contributed by atoms with Crippen molar-refractivity contribution >= 4 is 34.5 Å². The van der Waals surface area contributed by atoms with Gasteiger partial charge in [0.25, 0.3) is 0 Å². The molecule has 4 heteroatoms. The van der Waals surface area contributed by atoms with Crippen LogP contribution in [-0.2, 0) is 0 Å². The van der Waals surface area contributed by atoms with Gasteiger partial charge in [-0.05, 0) is 48.3 Å². The number of thiocarbonyl (C=S) groups is 1. The topological polar surface area (TPSA) is 38.0 Å². The largest absolute Gasteiger partial charge is 0.389 e. The third-order valence-corrected chi connectivity index (χ3v) is 4.72. The van der Waals surface area contributed by atoms with Crippen molar-refractivity contribution in [1.29, 1.82) is 0 Å². The van der Waals surface area contributed by atoms with Gasteiger partial charge in [-0.15, -0.1) is 0 Å². The molecule has 0 heterocycles. The van der Waals surface area contributed by atoms with Crippen molar-refractivity contribution < 1.29 is 0 Å². The van der Waals surface area contributed by atoms with Crippen LogP contribution in [0.4, 0.5) is 5.69 Å². The van der Waals surface area contributed by atoms with E-state index in [0.29, 0.717) is 26.9 Å². The molecule has 0 radical (unpaired) electrons. The Morgan fingerprint density at radius 1 is 1.24 bits per heavy atom. The molecule has 116 valence electrons. The Balaban J connectivity index is 2.16. The fourth-order valence-electron chi connectivity index (χ4n) is 3.95. The van der Waals surface area contributed by atoms with Crippen molar-refractivity contribution in [2.45, 2.75) is 53.0 Å². The van der Waals surface area contributed by atoms with Crippen LogP contribution in [0.1, 0.15) is 52.5 Å². The molecule has 1 aromatic rings. The second kappa shape index (κ2) is 5.77. The number of rotatable bonds is 3. The summed E-state index contributed by atoms with van der Waals surface area (Å²) in [5.41, 5.74) is 8.12. The lowest BCUT2D eigenvalue weighted by molar-refractivity contribution is 0.105. The highest BCUT2D eigenvalue weighted by molar-refractivity contribution is 7.80. The second-order valence-corrected chi connectivity index (χ2v) is 8.66. The summed E-state index contributed by atoms with van der Waals surface area (Å²) >= 11 is 11.3. The molecule has 0 spiro atoms. The van der Waals surface area contributed by atoms with Gasteiger partial charge in [0.1, 0.15) is 4.99 Å². The van der Waals surface area contributed by atoms with Gasteiger partial charge in [0.2, 0.25) is 0 Å². The summed E-state index contributed by atoms with van der Waals surface area (Å²) in [4.78, 5) is 0.378. The van der Waals surface area contributed by atoms with Crippen LogP contribution in [0.25, 0.3) is 0 Å². The van der Waals surface area contributed by atoms with E-state index in [1.165, 1.54) is 6.42 Å². The summed E-state index contributed by atoms with van der Waals surface area (Å²) in [7, 11) is 0. The number of nitrogens with two attached hydrogens (primary N) is 1. The zero-order valence-electron chi connectivity index (χ0n) is 13.3. The van der Waals surface area contributed by atoms with E-state index < -0.39 is 0 Å². The number of anilines is 1. The monoisotopic (exact) mass is 324 g/mol. The summed E-state index contributed by atoms with van der Waals surface area (Å²) in [6.45, 7) is 9.39. The Morgan fingerprint density at radius 2 is 1.81 bits per heavy atom. The Labute approximate surface area is 138 Å². The molecule has 21 heavy (non-hydrogen) atoms. The molecule has 3 N–H and O–H groups in total. The summed E-state index contributed by atoms with van der Waals surface area (Å²) < 4.78 is 0. The van der Waals surface area contributed by atoms with Gasteiger partial charge in [0.05, 0.1) is 10.7 Å². The highest BCUT2D eigenvalue weighted by Gasteiger charge is 2.38. The van der Waals surface area contributed by atoms with E-state index in [9.17, 15) is 0 Å². The van der Waals surface area contributed by atoms with Gasteiger partial charge in [0.15, 0.2) is 0 Å². The van der Waals surface area contributed by atoms with Gasteiger partial charge in [0, 0.05) is 11.6 Å². The van der Waals surface area contributed by atoms with Crippen molar-refractivity contribution in [2.75, 3.05) is 5.32 Å². The van der Waals surface area contributed by atoms with E-state index in [-0.39, 0.29) is 0 Å². The number of nitrogens with one attached hydrogen (secondary N) is 1. The van der Waals surface area contributed by atoms with Gasteiger partial charge < -0.3 is 11.1 Å². The molecule has 1 aromatic carbocycles. The molecule has 0 unspecified atom stereocenters. The Kier molecular flexibility index (Phi) is 4.55. The molecule has 0 bridgehead atoms. The minimum absolute atomic E-state index is 0.352. The molecule has 1 fully saturated rings. The SMILES string of the molecule is CC1(C)CC(Nc2ccc(C(N)=S)cc2Cl)CC(C)(C)C1. The number of halogens is 1. The smallest absolute Gasteiger partial charge is 0.104 e. The van der Waals surface area contributed by atoms with Gasteiger partial charge in [-0.1, -0.05) is 51.5 Å². The average molecular weight is 325 g/mol. The minimum Gasteiger partial charge on any atom is -0.389 e. The summed E-state index contributed by atoms with van der Waals surface area (Å²) in [6.07, 6.45) is 3.57. The van der Waals surface area contributed by atoms with Crippen molar-refractivity contribution in [2.24, 2.45) is 16.6 Å². The van der Waals surface area contributed by atoms with E-state index in [1.807, 2.05) is 18.2 Å². The lowest BCUT2D eigenvalue weighted by atomic mass is 9.63. The normalized spacial score (nSPS) is 21.0. The van der Waals surface area contributed by atoms with Crippen LogP contribution < -0.4 is 11.1 Å². The predicted octanol–water partition coefficient (Wildman–Crippen LogP) is 4.99. The van der Waals surface area contributed by atoms with Crippen LogP contribution in [0.5, 0.6) is 0 Å². The van der Waals surface area contributed by atoms with Gasteiger partial charge >= 0.3 is 0 Å². The standard InChI is InChI=1S/C17H25ClN2S/c1-16(2)8-12(9-17(3,4)10-16)20-14-6-5-11(15(19)21)7-13(14)18/h5-7,12,20H,8-10H2,1-4H3,(H2,19,21). The third kappa shape index (κ3) is 4.33. The van der Waals surface area contributed by atoms with Crippen LogP contribution in [0.3, 0.4) is 0 Å². The summed E-state index contributed by atoms with van der Waals surface area (Å²) in [5, 5.41) is 4.29. The predicted molar refractivity (Wildman–Crippen MR) is 96.2 cm³/mol. The first kappa shape index (κ1) is 16.6. The number of benzene rings is 1. The van der Waals surface area contributed by atoms with Crippen LogP contribution >= 0.6 is 23.8 Å². The molecular weight excluding hydrogens is 300 g/mol. The zero-order valence-corrected chi connectivity index (χ0v) is 14.9. The van der Waals surface area contributed by atoms with Crippen molar-refractivity contribution in [1.82, 2.24) is 0 Å². The number of hydrogen-bond acceptors (Lipinski definition) is 2. The van der Waals surface area contributed by atoms with Gasteiger partial charge in [-0.3, -0.25) is 0 Å². The summed E-state index contributed by atoms with van der Waals surface area (Å²) in [5.74, 6) is 0. The quantitative estimate of drug-likeness (QED) is 0.769. The molecule has 1 saturated carbocycles. The molecule has 1 aliphatic carbocycles. The van der Waals surface area contributed by atoms with E-state index in [1.54, 1.807) is 0 Å². The van der Waals surface area contributed by atoms with Crippen LogP contribution in [0.15, 0.2) is 18.2 Å². The van der Waals surface area contributed by atoms with Crippen LogP contribution in [0.2, 0.25) is 5.02 Å². The minimum atomic E-state index is 0.352. The zero-order chi connectivity index (χ0) is 15.8. The molecule has 2 rings (SSSR count). The number of hydrogen-bond donors (Lipinski definition) is 2. The Bertz CT molecular complexity index is 536. The maximum Gasteiger partial charge on any atom is 0.104 e. The molecule has 1 aliphatic rings. The first-order chi connectivity index (χ1) is 9.58. The van der Waals surface area contributed by atoms with Gasteiger partial charge in [-0.25, -0.2) is 0 Å². The van der Waals surface area contributed by atoms with E-state index in [4.69, 9.17) is 29.6 Å². The molecular formula is C17H25ClN2S. The molecule has 0 amide bonds. The Hall–Kier alpha value is -0.800. The van der Waals surface area contributed by atoms with Crippen molar-refractivity contribution in [3.05, 3.63) is 28.8 Å². The van der Waals surface area contributed by atoms with Crippen molar-refractivity contribution in [3.63, 3.8) is 0 Å². The molecule has 0 saturated heterocycles. The fraction of sp³-hybridized carbons (Fsp3) is 0.588. The highest BCUT2D eigenvalue weighted by Crippen LogP contribution is 2.46. The lowest BCUT2D eigenvalue weighted by Crippen LogP contribution is -2.40. The average Bonchev–Trinajstić information content (AvgIpc) is 2.27. The van der Waals surface area contributed by atoms with E-state index in [0.717, 1.165) is 24.1 Å². The fourth-order valence-corrected chi connectivity index (χ4v) is 4.32. The molecule has 0 aliphatic heterocycles. The summed E-state index contributed by atoms with van der Waals surface area (Å²) in [6, 6.07) is 6.18. The first-order valence-corrected chi connectivity index (χ1v) is 8.23. The van der Waals surface area contributed by atoms with Crippen LogP contribution in [0, 0.1) is 10.8 Å². The van der Waals surface area contributed by atoms with E-state index in [2.05, 4.69) is 33.0 Å². The highest BCUT2D eigenvalue weighted by atomic mass is 35.5. The first-order valence-electron chi connectivity index (χ1n) is 7.44. The molecule has 0 aromatic heterocycles. The van der Waals surface area contributed by atoms with Crippen molar-refractivity contribution in [3.8, 4) is 0 Å². The van der Waals surface area contributed by atoms with Crippen LogP contribution in [-0.4, -0.2) is 11.0 Å². The molecule has 0 atom stereocenters. The Morgan fingerprint density at radius 3 is 2.29 bits per heavy atom. The lowest BCUT2D eigenvalue weighted by Gasteiger charge is -2.45. The van der Waals surface area contributed by atoms with E-state index >= 15 is 0 Å². The molecule has 2 nitrogen and oxygen atoms in total. The maximum absolute atomic E-state index is 6.36. The van der Waals surface area contributed by atoms with Gasteiger partial charge in [-0.2, -0.15) is 0 Å².